The van der Waals surface area contributed by atoms with Crippen molar-refractivity contribution in [1.82, 2.24) is 0 Å². The third-order valence-electron chi connectivity index (χ3n) is 4.53. The predicted molar refractivity (Wildman–Crippen MR) is 129 cm³/mol. The lowest BCUT2D eigenvalue weighted by Crippen LogP contribution is -1.87. The molecule has 2 aromatic carbocycles. The summed E-state index contributed by atoms with van der Waals surface area (Å²) in [4.78, 5) is 0. The average Bonchev–Trinajstić information content (AvgIpc) is 2.65. The third kappa shape index (κ3) is 9.74. The molecule has 0 aliphatic heterocycles. The Balaban J connectivity index is 0.000000280. The van der Waals surface area contributed by atoms with E-state index in [0.29, 0.717) is 23.7 Å². The van der Waals surface area contributed by atoms with Crippen molar-refractivity contribution < 1.29 is 0 Å². The van der Waals surface area contributed by atoms with Crippen molar-refractivity contribution in [2.45, 2.75) is 67.2 Å². The summed E-state index contributed by atoms with van der Waals surface area (Å²) in [6, 6.07) is 17.6. The van der Waals surface area contributed by atoms with Gasteiger partial charge in [0, 0.05) is 0 Å². The Kier molecular flexibility index (Phi) is 10.6. The van der Waals surface area contributed by atoms with Crippen LogP contribution in [0.4, 0.5) is 0 Å². The molecule has 0 saturated carbocycles. The van der Waals surface area contributed by atoms with E-state index >= 15 is 0 Å². The maximum atomic E-state index is 2.27. The van der Waals surface area contributed by atoms with Crippen molar-refractivity contribution in [3.8, 4) is 0 Å². The summed E-state index contributed by atoms with van der Waals surface area (Å²) >= 11 is 0. The van der Waals surface area contributed by atoms with E-state index in [2.05, 4.69) is 128 Å². The predicted octanol–water partition coefficient (Wildman–Crippen LogP) is 8.96. The van der Waals surface area contributed by atoms with Gasteiger partial charge in [-0.2, -0.15) is 0 Å². The van der Waals surface area contributed by atoms with Gasteiger partial charge in [0.05, 0.1) is 0 Å². The summed E-state index contributed by atoms with van der Waals surface area (Å²) in [5.41, 5.74) is 5.43. The van der Waals surface area contributed by atoms with Crippen molar-refractivity contribution in [3.05, 3.63) is 82.9 Å². The first kappa shape index (κ1) is 24.0. The third-order valence-corrected chi connectivity index (χ3v) is 4.53. The van der Waals surface area contributed by atoms with Gasteiger partial charge in [-0.05, 0) is 45.9 Å². The highest BCUT2D eigenvalue weighted by atomic mass is 14.0. The molecular formula is C28H40. The lowest BCUT2D eigenvalue weighted by atomic mass is 10.0. The molecule has 2 aromatic rings. The first-order valence-corrected chi connectivity index (χ1v) is 10.7. The van der Waals surface area contributed by atoms with E-state index in [1.54, 1.807) is 0 Å². The minimum atomic E-state index is 0.613. The maximum absolute atomic E-state index is 2.27. The molecule has 0 unspecified atom stereocenters. The zero-order valence-electron chi connectivity index (χ0n) is 19.2. The highest BCUT2D eigenvalue weighted by Gasteiger charge is 1.98. The lowest BCUT2D eigenvalue weighted by molar-refractivity contribution is 0.836. The zero-order chi connectivity index (χ0) is 21.1. The monoisotopic (exact) mass is 376 g/mol. The zero-order valence-corrected chi connectivity index (χ0v) is 19.2. The molecular weight excluding hydrogens is 336 g/mol. The van der Waals surface area contributed by atoms with Crippen LogP contribution in [0.1, 0.15) is 89.5 Å². The summed E-state index contributed by atoms with van der Waals surface area (Å²) in [7, 11) is 0. The van der Waals surface area contributed by atoms with Gasteiger partial charge in [0.2, 0.25) is 0 Å². The molecule has 0 heteroatoms. The molecule has 0 heterocycles. The molecule has 0 aliphatic rings. The number of allylic oxidation sites excluding steroid dienone is 2. The second-order valence-corrected chi connectivity index (χ2v) is 8.85. The van der Waals surface area contributed by atoms with E-state index in [0.717, 1.165) is 0 Å². The number of hydrogen-bond acceptors (Lipinski definition) is 0. The van der Waals surface area contributed by atoms with Gasteiger partial charge in [-0.15, -0.1) is 0 Å². The molecule has 0 aromatic heterocycles. The summed E-state index contributed by atoms with van der Waals surface area (Å²) in [6.07, 6.45) is 8.86. The number of hydrogen-bond donors (Lipinski definition) is 0. The van der Waals surface area contributed by atoms with Gasteiger partial charge in [0.15, 0.2) is 0 Å². The van der Waals surface area contributed by atoms with E-state index in [-0.39, 0.29) is 0 Å². The molecule has 0 spiro atoms. The Morgan fingerprint density at radius 1 is 0.536 bits per heavy atom. The molecule has 0 radical (unpaired) electrons. The van der Waals surface area contributed by atoms with E-state index in [1.807, 2.05) is 0 Å². The molecule has 2 rings (SSSR count). The molecule has 0 aliphatic carbocycles. The molecule has 28 heavy (non-hydrogen) atoms. The summed E-state index contributed by atoms with van der Waals surface area (Å²) in [6.45, 7) is 17.7. The SMILES string of the molecule is CC(C)/C=C/c1ccc(C(C)C)cc1.CC(C)/C=C/c1cccc(C(C)C)c1. The smallest absolute Gasteiger partial charge is 0.0219 e. The van der Waals surface area contributed by atoms with Gasteiger partial charge in [-0.25, -0.2) is 0 Å². The summed E-state index contributed by atoms with van der Waals surface area (Å²) in [5.74, 6) is 2.48. The Hall–Kier alpha value is -2.08. The quantitative estimate of drug-likeness (QED) is 0.472. The molecule has 0 bridgehead atoms. The minimum Gasteiger partial charge on any atom is -0.0814 e. The van der Waals surface area contributed by atoms with E-state index in [9.17, 15) is 0 Å². The number of rotatable bonds is 6. The van der Waals surface area contributed by atoms with Crippen molar-refractivity contribution >= 4 is 12.2 Å². The molecule has 0 nitrogen and oxygen atoms in total. The van der Waals surface area contributed by atoms with Gasteiger partial charge >= 0.3 is 0 Å². The van der Waals surface area contributed by atoms with Gasteiger partial charge in [0.25, 0.3) is 0 Å². The van der Waals surface area contributed by atoms with Crippen molar-refractivity contribution in [1.29, 1.82) is 0 Å². The normalized spacial score (nSPS) is 11.9. The van der Waals surface area contributed by atoms with Crippen LogP contribution in [0.3, 0.4) is 0 Å². The van der Waals surface area contributed by atoms with Crippen LogP contribution >= 0.6 is 0 Å². The van der Waals surface area contributed by atoms with E-state index in [4.69, 9.17) is 0 Å². The van der Waals surface area contributed by atoms with Crippen LogP contribution in [-0.2, 0) is 0 Å². The fraction of sp³-hybridized carbons (Fsp3) is 0.429. The van der Waals surface area contributed by atoms with Crippen LogP contribution in [0.2, 0.25) is 0 Å². The van der Waals surface area contributed by atoms with Crippen molar-refractivity contribution in [2.24, 2.45) is 11.8 Å². The molecule has 0 saturated heterocycles. The second kappa shape index (κ2) is 12.4. The van der Waals surface area contributed by atoms with Crippen LogP contribution in [0.5, 0.6) is 0 Å². The first-order chi connectivity index (χ1) is 13.2. The van der Waals surface area contributed by atoms with Crippen molar-refractivity contribution in [2.75, 3.05) is 0 Å². The summed E-state index contributed by atoms with van der Waals surface area (Å²) in [5, 5.41) is 0. The Bertz CT molecular complexity index is 725. The highest BCUT2D eigenvalue weighted by molar-refractivity contribution is 5.51. The fourth-order valence-corrected chi connectivity index (χ4v) is 2.62. The maximum Gasteiger partial charge on any atom is -0.0219 e. The first-order valence-electron chi connectivity index (χ1n) is 10.7. The average molecular weight is 377 g/mol. The molecule has 152 valence electrons. The highest BCUT2D eigenvalue weighted by Crippen LogP contribution is 2.17. The Morgan fingerprint density at radius 3 is 1.50 bits per heavy atom. The second-order valence-electron chi connectivity index (χ2n) is 8.85. The lowest BCUT2D eigenvalue weighted by Gasteiger charge is -2.05. The summed E-state index contributed by atoms with van der Waals surface area (Å²) < 4.78 is 0. The molecule has 0 atom stereocenters. The van der Waals surface area contributed by atoms with Gasteiger partial charge in [0.1, 0.15) is 0 Å². The van der Waals surface area contributed by atoms with Gasteiger partial charge in [-0.1, -0.05) is 128 Å². The van der Waals surface area contributed by atoms with E-state index < -0.39 is 0 Å². The van der Waals surface area contributed by atoms with Crippen LogP contribution in [0.25, 0.3) is 12.2 Å². The largest absolute Gasteiger partial charge is 0.0814 e. The van der Waals surface area contributed by atoms with Gasteiger partial charge in [-0.3, -0.25) is 0 Å². The Morgan fingerprint density at radius 2 is 1.04 bits per heavy atom. The Labute approximate surface area is 174 Å². The topological polar surface area (TPSA) is 0 Å². The van der Waals surface area contributed by atoms with E-state index in [1.165, 1.54) is 22.3 Å². The minimum absolute atomic E-state index is 0.613. The molecule has 0 N–H and O–H groups in total. The molecule has 0 amide bonds. The van der Waals surface area contributed by atoms with Crippen LogP contribution in [0, 0.1) is 11.8 Å². The molecule has 0 fully saturated rings. The van der Waals surface area contributed by atoms with Crippen LogP contribution in [-0.4, -0.2) is 0 Å². The number of benzene rings is 2. The van der Waals surface area contributed by atoms with Crippen molar-refractivity contribution in [3.63, 3.8) is 0 Å². The van der Waals surface area contributed by atoms with Crippen LogP contribution < -0.4 is 0 Å². The van der Waals surface area contributed by atoms with Crippen LogP contribution in [0.15, 0.2) is 60.7 Å². The van der Waals surface area contributed by atoms with Gasteiger partial charge < -0.3 is 0 Å². The fourth-order valence-electron chi connectivity index (χ4n) is 2.62. The standard InChI is InChI=1S/2C14H20/c1-11(2)5-6-13-7-9-14(10-8-13)12(3)4;1-11(2)8-9-13-6-5-7-14(10-13)12(3)4/h2*5-12H,1-4H3/b6-5+;9-8+.